The van der Waals surface area contributed by atoms with Crippen molar-refractivity contribution < 1.29 is 9.90 Å². The molecule has 0 aliphatic rings. The summed E-state index contributed by atoms with van der Waals surface area (Å²) in [5, 5.41) is 16.8. The second-order valence-corrected chi connectivity index (χ2v) is 3.70. The van der Waals surface area contributed by atoms with Gasteiger partial charge in [0.05, 0.1) is 11.3 Å². The van der Waals surface area contributed by atoms with Crippen molar-refractivity contribution in [3.05, 3.63) is 48.2 Å². The molecule has 0 amide bonds. The number of pyridine rings is 1. The molecule has 0 bridgehead atoms. The molecule has 3 rings (SSSR count). The highest BCUT2D eigenvalue weighted by molar-refractivity contribution is 5.87. The summed E-state index contributed by atoms with van der Waals surface area (Å²) in [6.45, 7) is 0. The Kier molecular flexibility index (Phi) is 2.26. The molecule has 0 atom stereocenters. The number of nitrogens with zero attached hydrogens (tertiary/aromatic N) is 4. The Bertz CT molecular complexity index is 718. The van der Waals surface area contributed by atoms with Crippen LogP contribution in [-0.4, -0.2) is 31.1 Å². The zero-order valence-electron chi connectivity index (χ0n) is 9.19. The van der Waals surface area contributed by atoms with Crippen molar-refractivity contribution in [3.8, 4) is 5.69 Å². The van der Waals surface area contributed by atoms with Crippen LogP contribution in [0, 0.1) is 0 Å². The van der Waals surface area contributed by atoms with Gasteiger partial charge in [-0.15, -0.1) is 5.10 Å². The van der Waals surface area contributed by atoms with Gasteiger partial charge >= 0.3 is 5.97 Å². The van der Waals surface area contributed by atoms with Gasteiger partial charge in [-0.05, 0) is 36.4 Å². The van der Waals surface area contributed by atoms with Crippen LogP contribution in [0.5, 0.6) is 0 Å². The molecule has 2 heterocycles. The molecule has 0 saturated heterocycles. The van der Waals surface area contributed by atoms with Crippen molar-refractivity contribution in [1.82, 2.24) is 20.0 Å². The SMILES string of the molecule is O=C(O)c1ccc(-n2nnc3cccnc32)cc1. The maximum Gasteiger partial charge on any atom is 0.335 e. The lowest BCUT2D eigenvalue weighted by Crippen LogP contribution is -2.00. The summed E-state index contributed by atoms with van der Waals surface area (Å²) in [7, 11) is 0. The average Bonchev–Trinajstić information content (AvgIpc) is 2.82. The molecule has 0 saturated carbocycles. The molecule has 6 nitrogen and oxygen atoms in total. The van der Waals surface area contributed by atoms with E-state index in [0.29, 0.717) is 11.2 Å². The Morgan fingerprint density at radius 3 is 2.67 bits per heavy atom. The van der Waals surface area contributed by atoms with Crippen LogP contribution in [0.3, 0.4) is 0 Å². The highest BCUT2D eigenvalue weighted by Gasteiger charge is 2.08. The smallest absolute Gasteiger partial charge is 0.335 e. The zero-order chi connectivity index (χ0) is 12.5. The van der Waals surface area contributed by atoms with Crippen LogP contribution in [0.1, 0.15) is 10.4 Å². The quantitative estimate of drug-likeness (QED) is 0.734. The molecule has 18 heavy (non-hydrogen) atoms. The number of hydrogen-bond acceptors (Lipinski definition) is 4. The van der Waals surface area contributed by atoms with E-state index in [1.807, 2.05) is 6.07 Å². The lowest BCUT2D eigenvalue weighted by Gasteiger charge is -2.01. The molecule has 0 fully saturated rings. The Balaban J connectivity index is 2.12. The normalized spacial score (nSPS) is 10.7. The largest absolute Gasteiger partial charge is 0.478 e. The molecule has 0 radical (unpaired) electrons. The standard InChI is InChI=1S/C12H8N4O2/c17-12(18)8-3-5-9(6-4-8)16-11-10(14-15-16)2-1-7-13-11/h1-7H,(H,17,18). The topological polar surface area (TPSA) is 80.9 Å². The van der Waals surface area contributed by atoms with Crippen molar-refractivity contribution in [2.75, 3.05) is 0 Å². The van der Waals surface area contributed by atoms with Crippen LogP contribution in [0.25, 0.3) is 16.9 Å². The first-order valence-corrected chi connectivity index (χ1v) is 5.26. The number of carboxylic acids is 1. The average molecular weight is 240 g/mol. The van der Waals surface area contributed by atoms with E-state index in [1.54, 1.807) is 29.1 Å². The lowest BCUT2D eigenvalue weighted by molar-refractivity contribution is 0.0697. The van der Waals surface area contributed by atoms with Crippen molar-refractivity contribution >= 4 is 17.1 Å². The van der Waals surface area contributed by atoms with Crippen LogP contribution in [0.2, 0.25) is 0 Å². The monoisotopic (exact) mass is 240 g/mol. The maximum absolute atomic E-state index is 10.8. The van der Waals surface area contributed by atoms with Gasteiger partial charge in [0.2, 0.25) is 0 Å². The molecular formula is C12H8N4O2. The van der Waals surface area contributed by atoms with Gasteiger partial charge in [0.25, 0.3) is 0 Å². The van der Waals surface area contributed by atoms with Crippen LogP contribution in [0.4, 0.5) is 0 Å². The minimum atomic E-state index is -0.955. The Morgan fingerprint density at radius 1 is 1.17 bits per heavy atom. The summed E-state index contributed by atoms with van der Waals surface area (Å²) in [4.78, 5) is 15.0. The minimum absolute atomic E-state index is 0.233. The third-order valence-corrected chi connectivity index (χ3v) is 2.57. The van der Waals surface area contributed by atoms with Gasteiger partial charge in [-0.2, -0.15) is 4.68 Å². The molecular weight excluding hydrogens is 232 g/mol. The predicted octanol–water partition coefficient (Wildman–Crippen LogP) is 1.51. The lowest BCUT2D eigenvalue weighted by atomic mass is 10.2. The van der Waals surface area contributed by atoms with E-state index >= 15 is 0 Å². The Hall–Kier alpha value is -2.76. The van der Waals surface area contributed by atoms with Gasteiger partial charge < -0.3 is 5.11 Å². The molecule has 0 aliphatic heterocycles. The van der Waals surface area contributed by atoms with Gasteiger partial charge in [-0.3, -0.25) is 0 Å². The molecule has 0 spiro atoms. The van der Waals surface area contributed by atoms with Gasteiger partial charge in [-0.1, -0.05) is 5.21 Å². The molecule has 3 aromatic rings. The van der Waals surface area contributed by atoms with Crippen molar-refractivity contribution in [2.24, 2.45) is 0 Å². The van der Waals surface area contributed by atoms with Crippen LogP contribution in [0.15, 0.2) is 42.6 Å². The third-order valence-electron chi connectivity index (χ3n) is 2.57. The fraction of sp³-hybridized carbons (Fsp3) is 0. The van der Waals surface area contributed by atoms with Crippen molar-refractivity contribution in [1.29, 1.82) is 0 Å². The first-order valence-electron chi connectivity index (χ1n) is 5.26. The second kappa shape index (κ2) is 3.92. The molecule has 0 unspecified atom stereocenters. The number of fused-ring (bicyclic) bond motifs is 1. The first kappa shape index (κ1) is 10.4. The van der Waals surface area contributed by atoms with Crippen LogP contribution < -0.4 is 0 Å². The van der Waals surface area contributed by atoms with Crippen molar-refractivity contribution in [3.63, 3.8) is 0 Å². The van der Waals surface area contributed by atoms with E-state index in [4.69, 9.17) is 5.11 Å². The number of aromatic carboxylic acids is 1. The molecule has 2 aromatic heterocycles. The number of rotatable bonds is 2. The van der Waals surface area contributed by atoms with E-state index in [1.165, 1.54) is 12.1 Å². The molecule has 6 heteroatoms. The Labute approximate surface area is 102 Å². The highest BCUT2D eigenvalue weighted by Crippen LogP contribution is 2.14. The van der Waals surface area contributed by atoms with Gasteiger partial charge in [0, 0.05) is 6.20 Å². The predicted molar refractivity (Wildman–Crippen MR) is 63.6 cm³/mol. The first-order chi connectivity index (χ1) is 8.75. The zero-order valence-corrected chi connectivity index (χ0v) is 9.19. The summed E-state index contributed by atoms with van der Waals surface area (Å²) in [6, 6.07) is 9.99. The molecule has 1 aromatic carbocycles. The van der Waals surface area contributed by atoms with Gasteiger partial charge in [0.15, 0.2) is 5.65 Å². The van der Waals surface area contributed by atoms with E-state index in [-0.39, 0.29) is 5.56 Å². The van der Waals surface area contributed by atoms with E-state index in [0.717, 1.165) is 5.69 Å². The van der Waals surface area contributed by atoms with Gasteiger partial charge in [0.1, 0.15) is 5.52 Å². The number of benzene rings is 1. The number of carbonyl (C=O) groups is 1. The number of hydrogen-bond donors (Lipinski definition) is 1. The maximum atomic E-state index is 10.8. The van der Waals surface area contributed by atoms with E-state index in [9.17, 15) is 4.79 Å². The second-order valence-electron chi connectivity index (χ2n) is 3.70. The van der Waals surface area contributed by atoms with Gasteiger partial charge in [-0.25, -0.2) is 9.78 Å². The van der Waals surface area contributed by atoms with Crippen LogP contribution in [-0.2, 0) is 0 Å². The summed E-state index contributed by atoms with van der Waals surface area (Å²) >= 11 is 0. The summed E-state index contributed by atoms with van der Waals surface area (Å²) in [5.74, 6) is -0.955. The highest BCUT2D eigenvalue weighted by atomic mass is 16.4. The molecule has 88 valence electrons. The fourth-order valence-corrected chi connectivity index (χ4v) is 1.68. The molecule has 1 N–H and O–H groups in total. The fourth-order valence-electron chi connectivity index (χ4n) is 1.68. The van der Waals surface area contributed by atoms with E-state index in [2.05, 4.69) is 15.3 Å². The minimum Gasteiger partial charge on any atom is -0.478 e. The Morgan fingerprint density at radius 2 is 1.94 bits per heavy atom. The van der Waals surface area contributed by atoms with E-state index < -0.39 is 5.97 Å². The summed E-state index contributed by atoms with van der Waals surface area (Å²) in [5.41, 5.74) is 2.29. The van der Waals surface area contributed by atoms with Crippen LogP contribution >= 0.6 is 0 Å². The molecule has 0 aliphatic carbocycles. The van der Waals surface area contributed by atoms with Crippen molar-refractivity contribution in [2.45, 2.75) is 0 Å². The third kappa shape index (κ3) is 1.60. The number of aromatic nitrogens is 4. The summed E-state index contributed by atoms with van der Waals surface area (Å²) in [6.07, 6.45) is 1.66. The summed E-state index contributed by atoms with van der Waals surface area (Å²) < 4.78 is 1.57. The number of carboxylic acid groups (broad SMARTS) is 1.